The van der Waals surface area contributed by atoms with Gasteiger partial charge >= 0.3 is 0 Å². The van der Waals surface area contributed by atoms with Gasteiger partial charge in [-0.1, -0.05) is 18.5 Å². The van der Waals surface area contributed by atoms with Crippen LogP contribution in [0.1, 0.15) is 33.1 Å². The quantitative estimate of drug-likeness (QED) is 0.793. The van der Waals surface area contributed by atoms with Gasteiger partial charge < -0.3 is 11.1 Å². The summed E-state index contributed by atoms with van der Waals surface area (Å²) in [6.07, 6.45) is 3.46. The number of rotatable bonds is 6. The fraction of sp³-hybridized carbons (Fsp3) is 0.533. The summed E-state index contributed by atoms with van der Waals surface area (Å²) in [7, 11) is 0. The lowest BCUT2D eigenvalue weighted by atomic mass is 10.2. The Bertz CT molecular complexity index is 488. The molecule has 1 aliphatic rings. The molecule has 20 heavy (non-hydrogen) atoms. The summed E-state index contributed by atoms with van der Waals surface area (Å²) < 4.78 is 0. The second-order valence-corrected chi connectivity index (χ2v) is 5.78. The molecule has 0 heterocycles. The molecule has 4 nitrogen and oxygen atoms in total. The number of benzene rings is 1. The summed E-state index contributed by atoms with van der Waals surface area (Å²) in [6.45, 7) is 5.06. The van der Waals surface area contributed by atoms with Gasteiger partial charge in [-0.2, -0.15) is 0 Å². The number of halogens is 1. The van der Waals surface area contributed by atoms with Crippen LogP contribution < -0.4 is 11.1 Å². The number of anilines is 2. The zero-order valence-electron chi connectivity index (χ0n) is 12.0. The number of amides is 1. The van der Waals surface area contributed by atoms with E-state index in [4.69, 9.17) is 17.3 Å². The molecule has 0 aliphatic heterocycles. The topological polar surface area (TPSA) is 58.4 Å². The van der Waals surface area contributed by atoms with Crippen LogP contribution in [0, 0.1) is 0 Å². The molecule has 0 saturated heterocycles. The van der Waals surface area contributed by atoms with Crippen molar-refractivity contribution in [2.24, 2.45) is 0 Å². The van der Waals surface area contributed by atoms with Crippen molar-refractivity contribution in [3.05, 3.63) is 23.2 Å². The highest BCUT2D eigenvalue weighted by Crippen LogP contribution is 2.29. The predicted octanol–water partition coefficient (Wildman–Crippen LogP) is 3.12. The first-order chi connectivity index (χ1) is 9.52. The number of hydrogen-bond donors (Lipinski definition) is 2. The van der Waals surface area contributed by atoms with Crippen molar-refractivity contribution < 1.29 is 4.79 Å². The molecular weight excluding hydrogens is 274 g/mol. The molecule has 5 heteroatoms. The van der Waals surface area contributed by atoms with Crippen LogP contribution in [0.4, 0.5) is 11.4 Å². The molecule has 1 unspecified atom stereocenters. The molecule has 0 radical (unpaired) electrons. The Kier molecular flexibility index (Phi) is 4.89. The number of nitrogens with two attached hydrogens (primary N) is 1. The summed E-state index contributed by atoms with van der Waals surface area (Å²) >= 11 is 5.88. The standard InChI is InChI=1S/C15H22ClN3O/c1-3-8-19(12-5-6-12)10(2)15(20)18-11-4-7-13(16)14(17)9-11/h4,7,9-10,12H,3,5-6,8,17H2,1-2H3,(H,18,20). The van der Waals surface area contributed by atoms with Crippen LogP contribution in [0.5, 0.6) is 0 Å². The molecule has 1 fully saturated rings. The first-order valence-corrected chi connectivity index (χ1v) is 7.52. The van der Waals surface area contributed by atoms with Gasteiger partial charge in [0.05, 0.1) is 16.8 Å². The van der Waals surface area contributed by atoms with Crippen molar-refractivity contribution in [2.45, 2.75) is 45.2 Å². The van der Waals surface area contributed by atoms with Crippen LogP contribution in [-0.2, 0) is 4.79 Å². The van der Waals surface area contributed by atoms with Crippen molar-refractivity contribution in [3.63, 3.8) is 0 Å². The highest BCUT2D eigenvalue weighted by Gasteiger charge is 2.34. The minimum Gasteiger partial charge on any atom is -0.397 e. The first-order valence-electron chi connectivity index (χ1n) is 7.14. The van der Waals surface area contributed by atoms with Gasteiger partial charge in [-0.15, -0.1) is 0 Å². The number of carbonyl (C=O) groups is 1. The van der Waals surface area contributed by atoms with Gasteiger partial charge in [-0.25, -0.2) is 0 Å². The number of nitrogen functional groups attached to an aromatic ring is 1. The highest BCUT2D eigenvalue weighted by atomic mass is 35.5. The summed E-state index contributed by atoms with van der Waals surface area (Å²) in [5.41, 5.74) is 6.91. The maximum absolute atomic E-state index is 12.3. The monoisotopic (exact) mass is 295 g/mol. The Labute approximate surface area is 125 Å². The average Bonchev–Trinajstić information content (AvgIpc) is 3.24. The van der Waals surface area contributed by atoms with Crippen LogP contribution in [0.3, 0.4) is 0 Å². The molecule has 0 spiro atoms. The van der Waals surface area contributed by atoms with Gasteiger partial charge in [-0.05, 0) is 50.9 Å². The molecule has 1 amide bonds. The smallest absolute Gasteiger partial charge is 0.241 e. The Morgan fingerprint density at radius 2 is 2.25 bits per heavy atom. The van der Waals surface area contributed by atoms with Crippen molar-refractivity contribution >= 4 is 28.9 Å². The maximum Gasteiger partial charge on any atom is 0.241 e. The zero-order chi connectivity index (χ0) is 14.7. The molecule has 1 saturated carbocycles. The second kappa shape index (κ2) is 6.46. The van der Waals surface area contributed by atoms with Gasteiger partial charge in [0.25, 0.3) is 0 Å². The lowest BCUT2D eigenvalue weighted by molar-refractivity contribution is -0.121. The van der Waals surface area contributed by atoms with E-state index in [0.29, 0.717) is 22.4 Å². The van der Waals surface area contributed by atoms with Crippen LogP contribution >= 0.6 is 11.6 Å². The summed E-state index contributed by atoms with van der Waals surface area (Å²) in [5, 5.41) is 3.41. The van der Waals surface area contributed by atoms with Crippen LogP contribution in [-0.4, -0.2) is 29.4 Å². The normalized spacial score (nSPS) is 16.2. The molecule has 2 rings (SSSR count). The molecule has 110 valence electrons. The minimum atomic E-state index is -0.126. The number of hydrogen-bond acceptors (Lipinski definition) is 3. The minimum absolute atomic E-state index is 0.00655. The van der Waals surface area contributed by atoms with E-state index >= 15 is 0 Å². The number of nitrogens with zero attached hydrogens (tertiary/aromatic N) is 1. The van der Waals surface area contributed by atoms with E-state index < -0.39 is 0 Å². The zero-order valence-corrected chi connectivity index (χ0v) is 12.8. The Morgan fingerprint density at radius 3 is 2.80 bits per heavy atom. The van der Waals surface area contributed by atoms with Gasteiger partial charge in [0.1, 0.15) is 0 Å². The fourth-order valence-corrected chi connectivity index (χ4v) is 2.49. The maximum atomic E-state index is 12.3. The second-order valence-electron chi connectivity index (χ2n) is 5.37. The molecular formula is C15H22ClN3O. The summed E-state index contributed by atoms with van der Waals surface area (Å²) in [5.74, 6) is 0.00655. The van der Waals surface area contributed by atoms with Crippen LogP contribution in [0.25, 0.3) is 0 Å². The molecule has 1 aliphatic carbocycles. The van der Waals surface area contributed by atoms with E-state index in [1.54, 1.807) is 18.2 Å². The molecule has 1 aromatic carbocycles. The van der Waals surface area contributed by atoms with E-state index in [-0.39, 0.29) is 11.9 Å². The van der Waals surface area contributed by atoms with E-state index in [1.165, 1.54) is 12.8 Å². The predicted molar refractivity (Wildman–Crippen MR) is 84.0 cm³/mol. The Hall–Kier alpha value is -1.26. The van der Waals surface area contributed by atoms with E-state index in [1.807, 2.05) is 6.92 Å². The van der Waals surface area contributed by atoms with E-state index in [9.17, 15) is 4.79 Å². The largest absolute Gasteiger partial charge is 0.397 e. The van der Waals surface area contributed by atoms with Crippen molar-refractivity contribution in [1.82, 2.24) is 4.90 Å². The third-order valence-electron chi connectivity index (χ3n) is 3.64. The molecule has 0 aromatic heterocycles. The van der Waals surface area contributed by atoms with E-state index in [2.05, 4.69) is 17.1 Å². The van der Waals surface area contributed by atoms with Crippen LogP contribution in [0.2, 0.25) is 5.02 Å². The summed E-state index contributed by atoms with van der Waals surface area (Å²) in [6, 6.07) is 5.60. The SMILES string of the molecule is CCCN(C1CC1)C(C)C(=O)Nc1ccc(Cl)c(N)c1. The third-order valence-corrected chi connectivity index (χ3v) is 3.98. The number of carbonyl (C=O) groups excluding carboxylic acids is 1. The number of nitrogens with one attached hydrogen (secondary N) is 1. The van der Waals surface area contributed by atoms with Gasteiger partial charge in [-0.3, -0.25) is 9.69 Å². The van der Waals surface area contributed by atoms with Gasteiger partial charge in [0.2, 0.25) is 5.91 Å². The molecule has 0 bridgehead atoms. The van der Waals surface area contributed by atoms with Crippen molar-refractivity contribution in [3.8, 4) is 0 Å². The van der Waals surface area contributed by atoms with Crippen molar-refractivity contribution in [2.75, 3.05) is 17.6 Å². The molecule has 3 N–H and O–H groups in total. The Morgan fingerprint density at radius 1 is 1.55 bits per heavy atom. The summed E-state index contributed by atoms with van der Waals surface area (Å²) in [4.78, 5) is 14.6. The average molecular weight is 296 g/mol. The van der Waals surface area contributed by atoms with Crippen LogP contribution in [0.15, 0.2) is 18.2 Å². The van der Waals surface area contributed by atoms with Gasteiger partial charge in [0.15, 0.2) is 0 Å². The van der Waals surface area contributed by atoms with E-state index in [0.717, 1.165) is 13.0 Å². The Balaban J connectivity index is 2.00. The molecule has 1 atom stereocenters. The lowest BCUT2D eigenvalue weighted by Crippen LogP contribution is -2.43. The first kappa shape index (κ1) is 15.1. The fourth-order valence-electron chi connectivity index (χ4n) is 2.38. The lowest BCUT2D eigenvalue weighted by Gasteiger charge is -2.27. The van der Waals surface area contributed by atoms with Crippen molar-refractivity contribution in [1.29, 1.82) is 0 Å². The molecule has 1 aromatic rings. The highest BCUT2D eigenvalue weighted by molar-refractivity contribution is 6.33. The third kappa shape index (κ3) is 3.64. The van der Waals surface area contributed by atoms with Gasteiger partial charge in [0, 0.05) is 11.7 Å².